The van der Waals surface area contributed by atoms with Crippen molar-refractivity contribution in [2.75, 3.05) is 24.1 Å². The number of aromatic nitrogens is 2. The normalized spacial score (nSPS) is 22.7. The molecule has 164 valence electrons. The van der Waals surface area contributed by atoms with E-state index >= 15 is 0 Å². The Bertz CT molecular complexity index is 771. The molecule has 4 atom stereocenters. The first-order chi connectivity index (χ1) is 13.4. The Morgan fingerprint density at radius 3 is 2.72 bits per heavy atom. The van der Waals surface area contributed by atoms with E-state index in [0.29, 0.717) is 19.0 Å². The molecule has 0 aliphatic carbocycles. The summed E-state index contributed by atoms with van der Waals surface area (Å²) in [5, 5.41) is 2.57. The van der Waals surface area contributed by atoms with Crippen molar-refractivity contribution in [3.8, 4) is 0 Å². The zero-order valence-corrected chi connectivity index (χ0v) is 20.9. The monoisotopic (exact) mass is 461 g/mol. The smallest absolute Gasteiger partial charge is 0.351 e. The zero-order chi connectivity index (χ0) is 21.8. The van der Waals surface area contributed by atoms with E-state index in [4.69, 9.17) is 13.9 Å². The molecule has 0 radical (unpaired) electrons. The largest absolute Gasteiger partial charge is 0.414 e. The van der Waals surface area contributed by atoms with Crippen molar-refractivity contribution in [2.45, 2.75) is 63.8 Å². The number of ether oxygens (including phenoxy) is 2. The summed E-state index contributed by atoms with van der Waals surface area (Å²) in [6.45, 7) is 11.4. The Labute approximate surface area is 179 Å². The molecule has 2 rings (SSSR count). The zero-order valence-electron chi connectivity index (χ0n) is 17.9. The van der Waals surface area contributed by atoms with Crippen LogP contribution in [0.25, 0.3) is 0 Å². The number of rotatable bonds is 8. The summed E-state index contributed by atoms with van der Waals surface area (Å²) < 4.78 is 19.9. The van der Waals surface area contributed by atoms with E-state index < -0.39 is 20.2 Å². The molecule has 1 unspecified atom stereocenters. The quantitative estimate of drug-likeness (QED) is 0.359. The molecule has 1 aromatic rings. The first kappa shape index (κ1) is 24.5. The van der Waals surface area contributed by atoms with Gasteiger partial charge in [0.2, 0.25) is 5.65 Å². The first-order valence-corrected chi connectivity index (χ1v) is 14.4. The van der Waals surface area contributed by atoms with E-state index in [-0.39, 0.29) is 28.7 Å². The first-order valence-electron chi connectivity index (χ1n) is 9.50. The van der Waals surface area contributed by atoms with Crippen LogP contribution in [0, 0.1) is 0 Å². The molecule has 8 nitrogen and oxygen atoms in total. The maximum Gasteiger partial charge on any atom is 0.351 e. The van der Waals surface area contributed by atoms with Crippen LogP contribution in [0.3, 0.4) is 0 Å². The van der Waals surface area contributed by atoms with Crippen LogP contribution in [-0.4, -0.2) is 54.5 Å². The lowest BCUT2D eigenvalue weighted by Crippen LogP contribution is -2.44. The molecule has 1 N–H and O–H groups in total. The summed E-state index contributed by atoms with van der Waals surface area (Å²) in [6.07, 6.45) is 3.16. The number of hydrogen-bond acceptors (Lipinski definition) is 7. The average Bonchev–Trinajstić information content (AvgIpc) is 2.99. The number of thioether (sulfide) groups is 1. The lowest BCUT2D eigenvalue weighted by Gasteiger charge is -2.37. The van der Waals surface area contributed by atoms with Gasteiger partial charge < -0.3 is 19.2 Å². The van der Waals surface area contributed by atoms with Crippen LogP contribution in [0.2, 0.25) is 18.1 Å². The molecular weight excluding hydrogens is 429 g/mol. The molecule has 2 heterocycles. The summed E-state index contributed by atoms with van der Waals surface area (Å²) in [5.41, 5.74) is -0.846. The topological polar surface area (TPSA) is 91.7 Å². The lowest BCUT2D eigenvalue weighted by molar-refractivity contribution is -0.0528. The molecule has 0 spiro atoms. The Balaban J connectivity index is 2.14. The van der Waals surface area contributed by atoms with Gasteiger partial charge in [0, 0.05) is 12.6 Å². The summed E-state index contributed by atoms with van der Waals surface area (Å²) in [6, 6.07) is 1.57. The van der Waals surface area contributed by atoms with Gasteiger partial charge in [0.1, 0.15) is 18.1 Å². The molecule has 1 aliphatic rings. The van der Waals surface area contributed by atoms with Crippen molar-refractivity contribution in [1.82, 2.24) is 9.55 Å². The Morgan fingerprint density at radius 1 is 1.48 bits per heavy atom. The van der Waals surface area contributed by atoms with Crippen molar-refractivity contribution >= 4 is 40.8 Å². The summed E-state index contributed by atoms with van der Waals surface area (Å²) in [7, 11) is 0.0523. The van der Waals surface area contributed by atoms with E-state index in [9.17, 15) is 9.59 Å². The van der Waals surface area contributed by atoms with Crippen LogP contribution in [0.4, 0.5) is 10.6 Å². The maximum atomic E-state index is 12.4. The van der Waals surface area contributed by atoms with Crippen LogP contribution in [-0.2, 0) is 13.9 Å². The second-order valence-corrected chi connectivity index (χ2v) is 14.7. The van der Waals surface area contributed by atoms with Crippen molar-refractivity contribution in [3.63, 3.8) is 0 Å². The predicted octanol–water partition coefficient (Wildman–Crippen LogP) is 3.67. The van der Waals surface area contributed by atoms with Crippen molar-refractivity contribution in [2.24, 2.45) is 0 Å². The minimum absolute atomic E-state index is 0.0965. The Morgan fingerprint density at radius 2 is 2.17 bits per heavy atom. The van der Waals surface area contributed by atoms with E-state index in [1.54, 1.807) is 24.0 Å². The highest BCUT2D eigenvalue weighted by Gasteiger charge is 2.42. The van der Waals surface area contributed by atoms with E-state index in [0.717, 1.165) is 0 Å². The minimum atomic E-state index is -1.93. The molecule has 1 amide bonds. The van der Waals surface area contributed by atoms with Gasteiger partial charge in [-0.25, -0.2) is 4.79 Å². The van der Waals surface area contributed by atoms with Gasteiger partial charge >= 0.3 is 5.69 Å². The van der Waals surface area contributed by atoms with Crippen LogP contribution in [0.5, 0.6) is 0 Å². The SMILES string of the molecule is CSCO[C@H]1C[C@@H](n2ccc(NC(=O)P)nc2=O)O[C@H]1CO[Si](C)(C)C(C)(C)C. The molecule has 1 aliphatic heterocycles. The molecule has 0 saturated carbocycles. The molecule has 11 heteroatoms. The number of amides is 1. The van der Waals surface area contributed by atoms with E-state index in [1.807, 2.05) is 15.5 Å². The molecule has 1 saturated heterocycles. The second kappa shape index (κ2) is 10.0. The molecule has 1 fully saturated rings. The fraction of sp³-hybridized carbons (Fsp3) is 0.722. The average molecular weight is 462 g/mol. The minimum Gasteiger partial charge on any atom is -0.414 e. The molecule has 29 heavy (non-hydrogen) atoms. The summed E-state index contributed by atoms with van der Waals surface area (Å²) in [4.78, 5) is 27.5. The van der Waals surface area contributed by atoms with Crippen LogP contribution in [0.15, 0.2) is 17.1 Å². The fourth-order valence-corrected chi connectivity index (χ4v) is 4.16. The maximum absolute atomic E-state index is 12.4. The third-order valence-electron chi connectivity index (χ3n) is 5.39. The van der Waals surface area contributed by atoms with Gasteiger partial charge in [0.25, 0.3) is 0 Å². The van der Waals surface area contributed by atoms with E-state index in [2.05, 4.69) is 44.2 Å². The van der Waals surface area contributed by atoms with Crippen molar-refractivity contribution in [3.05, 3.63) is 22.7 Å². The highest BCUT2D eigenvalue weighted by molar-refractivity contribution is 7.98. The number of anilines is 1. The molecule has 0 aromatic carbocycles. The summed E-state index contributed by atoms with van der Waals surface area (Å²) in [5.74, 6) is 0.751. The highest BCUT2D eigenvalue weighted by atomic mass is 32.2. The van der Waals surface area contributed by atoms with Crippen LogP contribution < -0.4 is 11.0 Å². The van der Waals surface area contributed by atoms with Gasteiger partial charge in [-0.05, 0) is 39.7 Å². The fourth-order valence-electron chi connectivity index (χ4n) is 2.69. The Hall–Kier alpha value is -0.773. The second-order valence-electron chi connectivity index (χ2n) is 8.54. The third-order valence-corrected chi connectivity index (χ3v) is 10.4. The van der Waals surface area contributed by atoms with Gasteiger partial charge in [-0.2, -0.15) is 4.98 Å². The third kappa shape index (κ3) is 6.60. The summed E-state index contributed by atoms with van der Waals surface area (Å²) >= 11 is 1.59. The van der Waals surface area contributed by atoms with Gasteiger partial charge in [-0.3, -0.25) is 9.36 Å². The lowest BCUT2D eigenvalue weighted by atomic mass is 10.2. The van der Waals surface area contributed by atoms with Gasteiger partial charge in [0.05, 0.1) is 18.6 Å². The van der Waals surface area contributed by atoms with Gasteiger partial charge in [-0.15, -0.1) is 11.8 Å². The van der Waals surface area contributed by atoms with Gasteiger partial charge in [-0.1, -0.05) is 20.8 Å². The number of carbonyl (C=O) groups is 1. The standard InChI is InChI=1S/C18H32N3O5PSSi/c1-18(2,3)29(5,6)25-10-13-12(24-11-28-4)9-15(26-13)21-8-7-14(19-16(21)22)20-17(23)27/h7-8,12-13,15H,9-11,27H2,1-6H3,(H,19,20,22,23)/t12-,13-,15-/m0/s1. The van der Waals surface area contributed by atoms with E-state index in [1.165, 1.54) is 4.57 Å². The Kier molecular flexibility index (Phi) is 8.47. The number of nitrogens with zero attached hydrogens (tertiary/aromatic N) is 2. The number of nitrogens with one attached hydrogen (secondary N) is 1. The highest BCUT2D eigenvalue weighted by Crippen LogP contribution is 2.38. The number of hydrogen-bond donors (Lipinski definition) is 1. The molecule has 1 aromatic heterocycles. The van der Waals surface area contributed by atoms with Crippen molar-refractivity contribution in [1.29, 1.82) is 0 Å². The predicted molar refractivity (Wildman–Crippen MR) is 122 cm³/mol. The van der Waals surface area contributed by atoms with Gasteiger partial charge in [0.15, 0.2) is 8.32 Å². The molecule has 0 bridgehead atoms. The van der Waals surface area contributed by atoms with Crippen molar-refractivity contribution < 1.29 is 18.7 Å². The number of carbonyl (C=O) groups excluding carboxylic acids is 1. The molecular formula is C18H32N3O5PSSi. The van der Waals surface area contributed by atoms with Crippen LogP contribution >= 0.6 is 21.0 Å². The van der Waals surface area contributed by atoms with Crippen LogP contribution in [0.1, 0.15) is 33.4 Å².